The summed E-state index contributed by atoms with van der Waals surface area (Å²) in [5, 5.41) is 0.501. The average molecular weight is 464 g/mol. The Balaban J connectivity index is 1.59. The van der Waals surface area contributed by atoms with E-state index in [9.17, 15) is 14.4 Å². The second kappa shape index (κ2) is 8.14. The monoisotopic (exact) mass is 463 g/mol. The summed E-state index contributed by atoms with van der Waals surface area (Å²) in [6.07, 6.45) is 0. The standard InChI is InChI=1S/C24H18ClN3O5/c1-2-27(15-8-10-20-21(12-15)33-13-32-20)22(29)14-7-9-17(25)19(11-14)28-23(30)16-5-3-4-6-18(16)26-24(28)31/h3-12H,2,13H2,1H3,(H,26,31). The highest BCUT2D eigenvalue weighted by atomic mass is 35.5. The Kier molecular flexibility index (Phi) is 5.14. The number of anilines is 1. The van der Waals surface area contributed by atoms with Crippen molar-refractivity contribution in [3.8, 4) is 17.2 Å². The quantitative estimate of drug-likeness (QED) is 0.497. The average Bonchev–Trinajstić information content (AvgIpc) is 3.29. The predicted octanol–water partition coefficient (Wildman–Crippen LogP) is 3.73. The summed E-state index contributed by atoms with van der Waals surface area (Å²) < 4.78 is 11.7. The number of aromatic amines is 1. The van der Waals surface area contributed by atoms with Crippen molar-refractivity contribution in [3.63, 3.8) is 0 Å². The van der Waals surface area contributed by atoms with Crippen LogP contribution in [0.2, 0.25) is 5.02 Å². The molecule has 0 unspecified atom stereocenters. The van der Waals surface area contributed by atoms with E-state index in [0.717, 1.165) is 4.57 Å². The van der Waals surface area contributed by atoms with Crippen molar-refractivity contribution in [2.24, 2.45) is 0 Å². The molecule has 9 heteroatoms. The molecule has 0 fully saturated rings. The van der Waals surface area contributed by atoms with E-state index >= 15 is 0 Å². The van der Waals surface area contributed by atoms with Crippen LogP contribution in [-0.4, -0.2) is 28.8 Å². The maximum Gasteiger partial charge on any atom is 0.333 e. The van der Waals surface area contributed by atoms with Crippen LogP contribution in [0, 0.1) is 0 Å². The topological polar surface area (TPSA) is 93.6 Å². The second-order valence-corrected chi connectivity index (χ2v) is 7.78. The van der Waals surface area contributed by atoms with Gasteiger partial charge in [0.25, 0.3) is 11.5 Å². The number of hydrogen-bond acceptors (Lipinski definition) is 5. The number of amides is 1. The summed E-state index contributed by atoms with van der Waals surface area (Å²) in [7, 11) is 0. The van der Waals surface area contributed by atoms with Gasteiger partial charge in [-0.2, -0.15) is 0 Å². The maximum atomic E-state index is 13.4. The number of nitrogens with one attached hydrogen (secondary N) is 1. The highest BCUT2D eigenvalue weighted by Crippen LogP contribution is 2.36. The fraction of sp³-hybridized carbons (Fsp3) is 0.125. The lowest BCUT2D eigenvalue weighted by Gasteiger charge is -2.22. The van der Waals surface area contributed by atoms with Gasteiger partial charge in [0.15, 0.2) is 11.5 Å². The number of halogens is 1. The number of fused-ring (bicyclic) bond motifs is 2. The SMILES string of the molecule is CCN(C(=O)c1ccc(Cl)c(-n2c(=O)[nH]c3ccccc3c2=O)c1)c1ccc2c(c1)OCO2. The summed E-state index contributed by atoms with van der Waals surface area (Å²) in [6, 6.07) is 16.5. The van der Waals surface area contributed by atoms with E-state index in [1.54, 1.807) is 53.4 Å². The highest BCUT2D eigenvalue weighted by Gasteiger charge is 2.22. The zero-order valence-electron chi connectivity index (χ0n) is 17.5. The van der Waals surface area contributed by atoms with Gasteiger partial charge in [0, 0.05) is 23.9 Å². The van der Waals surface area contributed by atoms with E-state index in [-0.39, 0.29) is 29.0 Å². The molecular weight excluding hydrogens is 446 g/mol. The molecule has 1 N–H and O–H groups in total. The van der Waals surface area contributed by atoms with Gasteiger partial charge in [-0.1, -0.05) is 23.7 Å². The van der Waals surface area contributed by atoms with Gasteiger partial charge < -0.3 is 19.4 Å². The van der Waals surface area contributed by atoms with Crippen molar-refractivity contribution < 1.29 is 14.3 Å². The molecule has 2 heterocycles. The zero-order valence-corrected chi connectivity index (χ0v) is 18.3. The fourth-order valence-electron chi connectivity index (χ4n) is 3.85. The van der Waals surface area contributed by atoms with Crippen LogP contribution in [0.1, 0.15) is 17.3 Å². The van der Waals surface area contributed by atoms with E-state index in [2.05, 4.69) is 4.98 Å². The van der Waals surface area contributed by atoms with E-state index in [1.807, 2.05) is 6.92 Å². The molecule has 1 aliphatic heterocycles. The van der Waals surface area contributed by atoms with E-state index in [0.29, 0.717) is 34.6 Å². The predicted molar refractivity (Wildman–Crippen MR) is 125 cm³/mol. The molecule has 33 heavy (non-hydrogen) atoms. The Bertz CT molecular complexity index is 1530. The molecule has 8 nitrogen and oxygen atoms in total. The molecule has 0 radical (unpaired) electrons. The molecule has 5 rings (SSSR count). The van der Waals surface area contributed by atoms with E-state index in [4.69, 9.17) is 21.1 Å². The van der Waals surface area contributed by atoms with Gasteiger partial charge in [-0.05, 0) is 49.4 Å². The molecular formula is C24H18ClN3O5. The lowest BCUT2D eigenvalue weighted by molar-refractivity contribution is 0.0988. The molecule has 1 aromatic heterocycles. The highest BCUT2D eigenvalue weighted by molar-refractivity contribution is 6.32. The number of nitrogens with zero attached hydrogens (tertiary/aromatic N) is 2. The number of aromatic nitrogens is 2. The minimum absolute atomic E-state index is 0.126. The van der Waals surface area contributed by atoms with Crippen LogP contribution in [0.15, 0.2) is 70.3 Å². The van der Waals surface area contributed by atoms with Crippen molar-refractivity contribution >= 4 is 34.1 Å². The van der Waals surface area contributed by atoms with Gasteiger partial charge in [0.1, 0.15) is 0 Å². The first kappa shape index (κ1) is 20.8. The smallest absolute Gasteiger partial charge is 0.333 e. The Morgan fingerprint density at radius 3 is 2.67 bits per heavy atom. The number of H-pyrrole nitrogens is 1. The zero-order chi connectivity index (χ0) is 23.1. The van der Waals surface area contributed by atoms with Crippen LogP contribution in [-0.2, 0) is 0 Å². The molecule has 166 valence electrons. The first-order chi connectivity index (χ1) is 16.0. The van der Waals surface area contributed by atoms with Crippen LogP contribution >= 0.6 is 11.6 Å². The van der Waals surface area contributed by atoms with Gasteiger partial charge in [0.2, 0.25) is 6.79 Å². The molecule has 1 amide bonds. The van der Waals surface area contributed by atoms with E-state index < -0.39 is 11.2 Å². The number of rotatable bonds is 4. The normalized spacial score (nSPS) is 12.2. The number of carbonyl (C=O) groups is 1. The third kappa shape index (κ3) is 3.54. The maximum absolute atomic E-state index is 13.4. The molecule has 0 atom stereocenters. The largest absolute Gasteiger partial charge is 0.454 e. The molecule has 1 aliphatic rings. The van der Waals surface area contributed by atoms with Crippen LogP contribution in [0.5, 0.6) is 11.5 Å². The molecule has 3 aromatic carbocycles. The van der Waals surface area contributed by atoms with Gasteiger partial charge in [-0.3, -0.25) is 9.59 Å². The third-order valence-corrected chi connectivity index (χ3v) is 5.79. The minimum Gasteiger partial charge on any atom is -0.454 e. The van der Waals surface area contributed by atoms with Crippen LogP contribution < -0.4 is 25.6 Å². The third-order valence-electron chi connectivity index (χ3n) is 5.47. The molecule has 4 aromatic rings. The lowest BCUT2D eigenvalue weighted by Crippen LogP contribution is -2.34. The molecule has 0 aliphatic carbocycles. The number of carbonyl (C=O) groups excluding carboxylic acids is 1. The van der Waals surface area contributed by atoms with Gasteiger partial charge in [0.05, 0.1) is 21.6 Å². The van der Waals surface area contributed by atoms with Crippen molar-refractivity contribution in [2.45, 2.75) is 6.92 Å². The number of para-hydroxylation sites is 1. The molecule has 0 saturated carbocycles. The summed E-state index contributed by atoms with van der Waals surface area (Å²) in [5.74, 6) is 0.857. The minimum atomic E-state index is -0.645. The van der Waals surface area contributed by atoms with Crippen LogP contribution in [0.4, 0.5) is 5.69 Å². The van der Waals surface area contributed by atoms with Crippen molar-refractivity contribution in [1.82, 2.24) is 9.55 Å². The number of benzene rings is 3. The Morgan fingerprint density at radius 2 is 1.85 bits per heavy atom. The summed E-state index contributed by atoms with van der Waals surface area (Å²) in [4.78, 5) is 43.4. The summed E-state index contributed by atoms with van der Waals surface area (Å²) >= 11 is 6.36. The summed E-state index contributed by atoms with van der Waals surface area (Å²) in [6.45, 7) is 2.36. The van der Waals surface area contributed by atoms with Crippen molar-refractivity contribution in [3.05, 3.63) is 92.1 Å². The Morgan fingerprint density at radius 1 is 1.06 bits per heavy atom. The second-order valence-electron chi connectivity index (χ2n) is 7.37. The molecule has 0 saturated heterocycles. The lowest BCUT2D eigenvalue weighted by atomic mass is 10.1. The Labute approximate surface area is 192 Å². The van der Waals surface area contributed by atoms with Gasteiger partial charge in [-0.25, -0.2) is 9.36 Å². The number of ether oxygens (including phenoxy) is 2. The van der Waals surface area contributed by atoms with Crippen LogP contribution in [0.25, 0.3) is 16.6 Å². The van der Waals surface area contributed by atoms with Crippen molar-refractivity contribution in [1.29, 1.82) is 0 Å². The van der Waals surface area contributed by atoms with Gasteiger partial charge >= 0.3 is 5.69 Å². The van der Waals surface area contributed by atoms with E-state index in [1.165, 1.54) is 12.1 Å². The summed E-state index contributed by atoms with van der Waals surface area (Å²) in [5.41, 5.74) is 0.281. The first-order valence-electron chi connectivity index (χ1n) is 10.2. The molecule has 0 spiro atoms. The first-order valence-corrected chi connectivity index (χ1v) is 10.6. The Hall–Kier alpha value is -4.04. The number of hydrogen-bond donors (Lipinski definition) is 1. The van der Waals surface area contributed by atoms with Gasteiger partial charge in [-0.15, -0.1) is 0 Å². The van der Waals surface area contributed by atoms with Crippen molar-refractivity contribution in [2.75, 3.05) is 18.2 Å². The fourth-order valence-corrected chi connectivity index (χ4v) is 4.05. The van der Waals surface area contributed by atoms with Crippen LogP contribution in [0.3, 0.4) is 0 Å². The molecule has 0 bridgehead atoms.